The summed E-state index contributed by atoms with van der Waals surface area (Å²) in [5, 5.41) is 1.30. The molecule has 2 aliphatic rings. The fourth-order valence-corrected chi connectivity index (χ4v) is 5.81. The number of rotatable bonds is 2. The van der Waals surface area contributed by atoms with E-state index >= 15 is 0 Å². The van der Waals surface area contributed by atoms with Crippen LogP contribution in [-0.2, 0) is 15.7 Å². The Hall–Kier alpha value is -5.31. The van der Waals surface area contributed by atoms with Gasteiger partial charge in [-0.25, -0.2) is 19.2 Å². The van der Waals surface area contributed by atoms with Crippen molar-refractivity contribution in [3.05, 3.63) is 106 Å². The van der Waals surface area contributed by atoms with Gasteiger partial charge in [-0.3, -0.25) is 0 Å². The highest BCUT2D eigenvalue weighted by molar-refractivity contribution is 6.24. The van der Waals surface area contributed by atoms with E-state index in [-0.39, 0.29) is 44.3 Å². The van der Waals surface area contributed by atoms with Gasteiger partial charge in [0.2, 0.25) is 0 Å². The van der Waals surface area contributed by atoms with Crippen molar-refractivity contribution in [2.75, 3.05) is 0 Å². The molecule has 0 amide bonds. The van der Waals surface area contributed by atoms with Gasteiger partial charge in [-0.1, -0.05) is 42.5 Å². The van der Waals surface area contributed by atoms with Gasteiger partial charge in [0, 0.05) is 10.8 Å². The van der Waals surface area contributed by atoms with E-state index in [1.807, 2.05) is 0 Å². The highest BCUT2D eigenvalue weighted by Crippen LogP contribution is 2.45. The number of alkyl halides is 3. The van der Waals surface area contributed by atoms with Crippen molar-refractivity contribution in [2.45, 2.75) is 13.1 Å². The molecule has 2 aliphatic heterocycles. The van der Waals surface area contributed by atoms with Gasteiger partial charge in [-0.05, 0) is 75.8 Å². The molecule has 0 fully saturated rings. The number of benzene rings is 5. The number of halogens is 3. The van der Waals surface area contributed by atoms with Gasteiger partial charge in [0.1, 0.15) is 0 Å². The third kappa shape index (κ3) is 3.52. The van der Waals surface area contributed by atoms with Crippen LogP contribution in [0, 0.1) is 6.92 Å². The second-order valence-corrected chi connectivity index (χ2v) is 9.84. The Morgan fingerprint density at radius 2 is 0.927 bits per heavy atom. The fourth-order valence-electron chi connectivity index (χ4n) is 5.81. The van der Waals surface area contributed by atoms with E-state index in [0.717, 1.165) is 6.07 Å². The lowest BCUT2D eigenvalue weighted by Crippen LogP contribution is -2.19. The zero-order valence-corrected chi connectivity index (χ0v) is 21.0. The summed E-state index contributed by atoms with van der Waals surface area (Å²) in [5.74, 6) is -3.37. The predicted molar refractivity (Wildman–Crippen MR) is 142 cm³/mol. The molecule has 5 aromatic rings. The maximum absolute atomic E-state index is 14.7. The first-order valence-electron chi connectivity index (χ1n) is 12.4. The van der Waals surface area contributed by atoms with E-state index in [9.17, 15) is 32.3 Å². The Labute approximate surface area is 228 Å². The van der Waals surface area contributed by atoms with E-state index in [0.29, 0.717) is 27.3 Å². The topological polar surface area (TPSA) is 86.7 Å². The SMILES string of the molecule is Cc1cc(-c2ccc3c4c(cccc24)C(=O)OC3=O)c(C(F)(F)F)cc1-c1ccc2c3c(cccc13)C(=O)OC2=O. The van der Waals surface area contributed by atoms with Crippen molar-refractivity contribution in [2.24, 2.45) is 0 Å². The van der Waals surface area contributed by atoms with Crippen LogP contribution in [-0.4, -0.2) is 23.9 Å². The highest BCUT2D eigenvalue weighted by Gasteiger charge is 2.36. The third-order valence-corrected chi connectivity index (χ3v) is 7.58. The second kappa shape index (κ2) is 8.34. The molecule has 41 heavy (non-hydrogen) atoms. The van der Waals surface area contributed by atoms with E-state index in [1.54, 1.807) is 31.2 Å². The third-order valence-electron chi connectivity index (χ3n) is 7.58. The quantitative estimate of drug-likeness (QED) is 0.169. The van der Waals surface area contributed by atoms with Crippen LogP contribution in [0.4, 0.5) is 13.2 Å². The number of carbonyl (C=O) groups is 4. The largest absolute Gasteiger partial charge is 0.417 e. The molecule has 5 aromatic carbocycles. The van der Waals surface area contributed by atoms with Crippen molar-refractivity contribution in [1.82, 2.24) is 0 Å². The van der Waals surface area contributed by atoms with Gasteiger partial charge < -0.3 is 9.47 Å². The average molecular weight is 552 g/mol. The number of esters is 4. The first kappa shape index (κ1) is 24.7. The number of cyclic esters (lactones) is 4. The lowest BCUT2D eigenvalue weighted by molar-refractivity contribution is -0.137. The fraction of sp³-hybridized carbons (Fsp3) is 0.0625. The molecule has 2 heterocycles. The van der Waals surface area contributed by atoms with Crippen molar-refractivity contribution in [1.29, 1.82) is 0 Å². The summed E-state index contributed by atoms with van der Waals surface area (Å²) >= 11 is 0. The van der Waals surface area contributed by atoms with Crippen LogP contribution in [0.15, 0.2) is 72.8 Å². The van der Waals surface area contributed by atoms with Gasteiger partial charge in [0.25, 0.3) is 0 Å². The molecule has 0 unspecified atom stereocenters. The number of carbonyl (C=O) groups excluding carboxylic acids is 4. The predicted octanol–water partition coefficient (Wildman–Crippen LogP) is 7.28. The van der Waals surface area contributed by atoms with Gasteiger partial charge in [0.15, 0.2) is 0 Å². The van der Waals surface area contributed by atoms with Crippen LogP contribution in [0.25, 0.3) is 43.8 Å². The normalized spacial score (nSPS) is 14.4. The lowest BCUT2D eigenvalue weighted by Gasteiger charge is -2.22. The number of hydrogen-bond donors (Lipinski definition) is 0. The summed E-state index contributed by atoms with van der Waals surface area (Å²) < 4.78 is 53.7. The number of ether oxygens (including phenoxy) is 2. The standard InChI is InChI=1S/C32H15F3O6/c1-14-12-24(16-9-11-22-27-18(16)5-3-7-20(27)29(37)41-31(22)39)25(32(33,34)35)13-23(14)15-8-10-21-26-17(15)4-2-6-19(26)28(36)40-30(21)38/h2-13H,1H3. The molecule has 0 aliphatic carbocycles. The monoisotopic (exact) mass is 552 g/mol. The molecule has 200 valence electrons. The molecular formula is C32H15F3O6. The molecule has 6 nitrogen and oxygen atoms in total. The van der Waals surface area contributed by atoms with Crippen LogP contribution >= 0.6 is 0 Å². The van der Waals surface area contributed by atoms with Crippen LogP contribution in [0.5, 0.6) is 0 Å². The van der Waals surface area contributed by atoms with Gasteiger partial charge >= 0.3 is 30.1 Å². The molecule has 0 aromatic heterocycles. The second-order valence-electron chi connectivity index (χ2n) is 9.84. The van der Waals surface area contributed by atoms with Crippen molar-refractivity contribution < 1.29 is 41.8 Å². The van der Waals surface area contributed by atoms with E-state index < -0.39 is 35.6 Å². The molecule has 9 heteroatoms. The smallest absolute Gasteiger partial charge is 0.386 e. The van der Waals surface area contributed by atoms with Crippen LogP contribution in [0.2, 0.25) is 0 Å². The first-order chi connectivity index (χ1) is 19.5. The minimum atomic E-state index is -4.78. The molecule has 0 radical (unpaired) electrons. The summed E-state index contributed by atoms with van der Waals surface area (Å²) in [4.78, 5) is 49.4. The molecule has 0 spiro atoms. The summed E-state index contributed by atoms with van der Waals surface area (Å²) in [6, 6.07) is 17.5. The molecule has 0 saturated heterocycles. The Balaban J connectivity index is 1.51. The minimum absolute atomic E-state index is 0.0951. The van der Waals surface area contributed by atoms with Crippen molar-refractivity contribution >= 4 is 45.4 Å². The Kier molecular flexibility index (Phi) is 5.03. The van der Waals surface area contributed by atoms with Crippen LogP contribution < -0.4 is 0 Å². The van der Waals surface area contributed by atoms with E-state index in [4.69, 9.17) is 9.47 Å². The number of hydrogen-bond acceptors (Lipinski definition) is 6. The summed E-state index contributed by atoms with van der Waals surface area (Å²) in [6.07, 6.45) is -4.78. The Morgan fingerprint density at radius 1 is 0.512 bits per heavy atom. The Bertz CT molecular complexity index is 2030. The molecule has 0 bridgehead atoms. The summed E-state index contributed by atoms with van der Waals surface area (Å²) in [6.45, 7) is 1.67. The van der Waals surface area contributed by atoms with Crippen molar-refractivity contribution in [3.8, 4) is 22.3 Å². The van der Waals surface area contributed by atoms with Gasteiger partial charge in [-0.15, -0.1) is 0 Å². The molecule has 0 N–H and O–H groups in total. The highest BCUT2D eigenvalue weighted by atomic mass is 19.4. The molecule has 7 rings (SSSR count). The zero-order valence-electron chi connectivity index (χ0n) is 21.0. The maximum Gasteiger partial charge on any atom is 0.417 e. The lowest BCUT2D eigenvalue weighted by atomic mass is 9.85. The van der Waals surface area contributed by atoms with Gasteiger partial charge in [0.05, 0.1) is 27.8 Å². The van der Waals surface area contributed by atoms with Crippen molar-refractivity contribution in [3.63, 3.8) is 0 Å². The van der Waals surface area contributed by atoms with E-state index in [1.165, 1.54) is 42.5 Å². The Morgan fingerprint density at radius 3 is 1.39 bits per heavy atom. The molecule has 0 saturated carbocycles. The van der Waals surface area contributed by atoms with E-state index in [2.05, 4.69) is 0 Å². The maximum atomic E-state index is 14.7. The summed E-state index contributed by atoms with van der Waals surface area (Å²) in [5.41, 5.74) is 0.799. The zero-order chi connectivity index (χ0) is 28.8. The molecular weight excluding hydrogens is 537 g/mol. The van der Waals surface area contributed by atoms with Crippen LogP contribution in [0.3, 0.4) is 0 Å². The summed E-state index contributed by atoms with van der Waals surface area (Å²) in [7, 11) is 0. The molecule has 0 atom stereocenters. The van der Waals surface area contributed by atoms with Crippen LogP contribution in [0.1, 0.15) is 52.6 Å². The first-order valence-corrected chi connectivity index (χ1v) is 12.4. The minimum Gasteiger partial charge on any atom is -0.386 e. The van der Waals surface area contributed by atoms with Gasteiger partial charge in [-0.2, -0.15) is 13.2 Å². The number of aryl methyl sites for hydroxylation is 1. The average Bonchev–Trinajstić information content (AvgIpc) is 2.93.